The Kier molecular flexibility index (Phi) is 7.13. The highest BCUT2D eigenvalue weighted by Gasteiger charge is 2.29. The third-order valence-corrected chi connectivity index (χ3v) is 2.01. The number of halogens is 3. The summed E-state index contributed by atoms with van der Waals surface area (Å²) in [5.41, 5.74) is 0. The van der Waals surface area contributed by atoms with Gasteiger partial charge in [-0.1, -0.05) is 0 Å². The molecule has 0 spiro atoms. The third-order valence-electron chi connectivity index (χ3n) is 2.01. The molecular formula is C10H18F3NO3. The van der Waals surface area contributed by atoms with Gasteiger partial charge >= 0.3 is 12.3 Å². The van der Waals surface area contributed by atoms with Gasteiger partial charge in [-0.3, -0.25) is 14.4 Å². The lowest BCUT2D eigenvalue weighted by Gasteiger charge is -2.25. The fraction of sp³-hybridized carbons (Fsp3) is 0.900. The summed E-state index contributed by atoms with van der Waals surface area (Å²) in [7, 11) is 0. The minimum absolute atomic E-state index is 0.0238. The summed E-state index contributed by atoms with van der Waals surface area (Å²) in [5, 5.41) is 0. The van der Waals surface area contributed by atoms with E-state index in [2.05, 4.69) is 4.74 Å². The van der Waals surface area contributed by atoms with Crippen LogP contribution in [0.2, 0.25) is 0 Å². The minimum atomic E-state index is -4.63. The molecule has 0 aliphatic carbocycles. The summed E-state index contributed by atoms with van der Waals surface area (Å²) in [6, 6.07) is -0.0590. The fourth-order valence-corrected chi connectivity index (χ4v) is 1.17. The van der Waals surface area contributed by atoms with Gasteiger partial charge in [0.15, 0.2) is 0 Å². The van der Waals surface area contributed by atoms with Gasteiger partial charge in [-0.05, 0) is 20.8 Å². The standard InChI is InChI=1S/C10H18F3NO3/c1-4-16-9(15)7-14(8(2)3)5-6-17-10(11,12)13/h8H,4-7H2,1-3H3. The number of hydrogen-bond donors (Lipinski definition) is 0. The Hall–Kier alpha value is -0.820. The van der Waals surface area contributed by atoms with Crippen LogP contribution in [0.5, 0.6) is 0 Å². The molecule has 0 rings (SSSR count). The van der Waals surface area contributed by atoms with E-state index < -0.39 is 18.9 Å². The number of esters is 1. The summed E-state index contributed by atoms with van der Waals surface area (Å²) in [4.78, 5) is 12.8. The largest absolute Gasteiger partial charge is 0.522 e. The van der Waals surface area contributed by atoms with Crippen molar-refractivity contribution in [3.63, 3.8) is 0 Å². The molecule has 0 aliphatic heterocycles. The molecule has 0 aromatic carbocycles. The molecule has 4 nitrogen and oxygen atoms in total. The average molecular weight is 257 g/mol. The third kappa shape index (κ3) is 8.93. The predicted molar refractivity (Wildman–Crippen MR) is 55.3 cm³/mol. The summed E-state index contributed by atoms with van der Waals surface area (Å²) < 4.78 is 43.7. The zero-order chi connectivity index (χ0) is 13.5. The maximum atomic E-state index is 11.8. The minimum Gasteiger partial charge on any atom is -0.465 e. The summed E-state index contributed by atoms with van der Waals surface area (Å²) in [5.74, 6) is -0.451. The molecular weight excluding hydrogens is 239 g/mol. The highest BCUT2D eigenvalue weighted by atomic mass is 19.4. The highest BCUT2D eigenvalue weighted by molar-refractivity contribution is 5.71. The van der Waals surface area contributed by atoms with E-state index in [-0.39, 0.29) is 25.7 Å². The van der Waals surface area contributed by atoms with Gasteiger partial charge in [0.25, 0.3) is 0 Å². The second kappa shape index (κ2) is 7.50. The van der Waals surface area contributed by atoms with Crippen LogP contribution in [-0.2, 0) is 14.3 Å². The molecule has 0 unspecified atom stereocenters. The topological polar surface area (TPSA) is 38.8 Å². The maximum absolute atomic E-state index is 11.8. The molecule has 0 saturated carbocycles. The summed E-state index contributed by atoms with van der Waals surface area (Å²) in [6.45, 7) is 4.98. The monoisotopic (exact) mass is 257 g/mol. The van der Waals surface area contributed by atoms with Gasteiger partial charge in [-0.25, -0.2) is 0 Å². The van der Waals surface area contributed by atoms with Crippen molar-refractivity contribution < 1.29 is 27.4 Å². The van der Waals surface area contributed by atoms with Crippen LogP contribution in [0.1, 0.15) is 20.8 Å². The van der Waals surface area contributed by atoms with Gasteiger partial charge < -0.3 is 4.74 Å². The van der Waals surface area contributed by atoms with Crippen molar-refractivity contribution in [2.75, 3.05) is 26.3 Å². The zero-order valence-corrected chi connectivity index (χ0v) is 10.2. The van der Waals surface area contributed by atoms with Crippen molar-refractivity contribution in [2.24, 2.45) is 0 Å². The number of carbonyl (C=O) groups is 1. The fourth-order valence-electron chi connectivity index (χ4n) is 1.17. The van der Waals surface area contributed by atoms with Crippen LogP contribution in [0.25, 0.3) is 0 Å². The Bertz CT molecular complexity index is 231. The molecule has 0 radical (unpaired) electrons. The summed E-state index contributed by atoms with van der Waals surface area (Å²) in [6.07, 6.45) is -4.63. The normalized spacial score (nSPS) is 12.2. The Morgan fingerprint density at radius 1 is 1.35 bits per heavy atom. The van der Waals surface area contributed by atoms with Crippen molar-refractivity contribution in [1.29, 1.82) is 0 Å². The van der Waals surface area contributed by atoms with Gasteiger partial charge in [0.05, 0.1) is 19.8 Å². The molecule has 17 heavy (non-hydrogen) atoms. The number of hydrogen-bond acceptors (Lipinski definition) is 4. The first-order valence-electron chi connectivity index (χ1n) is 5.36. The first-order valence-corrected chi connectivity index (χ1v) is 5.36. The van der Waals surface area contributed by atoms with Crippen LogP contribution in [0.15, 0.2) is 0 Å². The molecule has 0 amide bonds. The van der Waals surface area contributed by atoms with Crippen molar-refractivity contribution in [3.05, 3.63) is 0 Å². The van der Waals surface area contributed by atoms with Crippen molar-refractivity contribution in [2.45, 2.75) is 33.2 Å². The van der Waals surface area contributed by atoms with E-state index in [0.29, 0.717) is 0 Å². The second-order valence-electron chi connectivity index (χ2n) is 3.66. The highest BCUT2D eigenvalue weighted by Crippen LogP contribution is 2.15. The molecule has 0 fully saturated rings. The van der Waals surface area contributed by atoms with Crippen LogP contribution in [0.3, 0.4) is 0 Å². The number of ether oxygens (including phenoxy) is 2. The van der Waals surface area contributed by atoms with Gasteiger partial charge in [0.2, 0.25) is 0 Å². The van der Waals surface area contributed by atoms with E-state index in [9.17, 15) is 18.0 Å². The lowest BCUT2D eigenvalue weighted by atomic mass is 10.3. The molecule has 0 N–H and O–H groups in total. The van der Waals surface area contributed by atoms with Gasteiger partial charge in [0, 0.05) is 12.6 Å². The molecule has 0 atom stereocenters. The van der Waals surface area contributed by atoms with E-state index in [0.717, 1.165) is 0 Å². The predicted octanol–water partition coefficient (Wildman–Crippen LogP) is 1.80. The van der Waals surface area contributed by atoms with Crippen LogP contribution < -0.4 is 0 Å². The molecule has 0 heterocycles. The van der Waals surface area contributed by atoms with E-state index in [1.165, 1.54) is 0 Å². The molecule has 0 aromatic heterocycles. The van der Waals surface area contributed by atoms with Crippen LogP contribution >= 0.6 is 0 Å². The van der Waals surface area contributed by atoms with E-state index in [4.69, 9.17) is 4.74 Å². The lowest BCUT2D eigenvalue weighted by Crippen LogP contribution is -2.39. The SMILES string of the molecule is CCOC(=O)CN(CCOC(F)(F)F)C(C)C. The maximum Gasteiger partial charge on any atom is 0.522 e. The second-order valence-corrected chi connectivity index (χ2v) is 3.66. The lowest BCUT2D eigenvalue weighted by molar-refractivity contribution is -0.325. The zero-order valence-electron chi connectivity index (χ0n) is 10.2. The average Bonchev–Trinajstić information content (AvgIpc) is 2.14. The first kappa shape index (κ1) is 16.2. The number of alkyl halides is 3. The Morgan fingerprint density at radius 3 is 2.35 bits per heavy atom. The number of carbonyl (C=O) groups excluding carboxylic acids is 1. The Morgan fingerprint density at radius 2 is 1.94 bits per heavy atom. The first-order chi connectivity index (χ1) is 7.76. The molecule has 0 bridgehead atoms. The van der Waals surface area contributed by atoms with Crippen molar-refractivity contribution >= 4 is 5.97 Å². The van der Waals surface area contributed by atoms with Crippen molar-refractivity contribution in [1.82, 2.24) is 4.90 Å². The molecule has 0 aromatic rings. The molecule has 102 valence electrons. The number of rotatable bonds is 7. The van der Waals surface area contributed by atoms with Crippen LogP contribution in [0, 0.1) is 0 Å². The quantitative estimate of drug-likeness (QED) is 0.652. The van der Waals surface area contributed by atoms with E-state index in [1.807, 2.05) is 0 Å². The molecule has 7 heteroatoms. The van der Waals surface area contributed by atoms with Crippen LogP contribution in [0.4, 0.5) is 13.2 Å². The smallest absolute Gasteiger partial charge is 0.465 e. The Labute approximate surface area is 98.7 Å². The van der Waals surface area contributed by atoms with Crippen LogP contribution in [-0.4, -0.2) is 49.6 Å². The van der Waals surface area contributed by atoms with Gasteiger partial charge in [-0.15, -0.1) is 13.2 Å². The summed E-state index contributed by atoms with van der Waals surface area (Å²) >= 11 is 0. The van der Waals surface area contributed by atoms with Crippen molar-refractivity contribution in [3.8, 4) is 0 Å². The molecule has 0 saturated heterocycles. The van der Waals surface area contributed by atoms with E-state index in [1.54, 1.807) is 25.7 Å². The molecule has 0 aliphatic rings. The van der Waals surface area contributed by atoms with Gasteiger partial charge in [0.1, 0.15) is 0 Å². The number of nitrogens with zero attached hydrogens (tertiary/aromatic N) is 1. The Balaban J connectivity index is 4.03. The van der Waals surface area contributed by atoms with Gasteiger partial charge in [-0.2, -0.15) is 0 Å². The van der Waals surface area contributed by atoms with E-state index >= 15 is 0 Å².